The van der Waals surface area contributed by atoms with Crippen LogP contribution in [0.2, 0.25) is 0 Å². The third kappa shape index (κ3) is 3.36. The number of imide groups is 1. The Morgan fingerprint density at radius 1 is 1.00 bits per heavy atom. The maximum Gasteiger partial charge on any atom is 0.248 e. The molecule has 3 aliphatic rings. The summed E-state index contributed by atoms with van der Waals surface area (Å²) in [5.74, 6) is -0.423. The molecule has 2 aromatic rings. The SMILES string of the molecule is Cc1ccc(C)c(NC(=O)[C@@H](Cc2ccccc2)N2C(=O)[C@H]3[C@@H]4CC[C@@H](C4)[C@@H]3C2=O)c1. The molecule has 160 valence electrons. The molecule has 31 heavy (non-hydrogen) atoms. The van der Waals surface area contributed by atoms with Gasteiger partial charge in [-0.25, -0.2) is 0 Å². The number of nitrogens with zero attached hydrogens (tertiary/aromatic N) is 1. The van der Waals surface area contributed by atoms with E-state index in [1.165, 1.54) is 4.90 Å². The summed E-state index contributed by atoms with van der Waals surface area (Å²) in [4.78, 5) is 41.7. The lowest BCUT2D eigenvalue weighted by Gasteiger charge is -2.27. The Balaban J connectivity index is 1.47. The van der Waals surface area contributed by atoms with E-state index >= 15 is 0 Å². The topological polar surface area (TPSA) is 66.5 Å². The second kappa shape index (κ2) is 7.63. The van der Waals surface area contributed by atoms with Crippen LogP contribution in [0.15, 0.2) is 48.5 Å². The average molecular weight is 417 g/mol. The van der Waals surface area contributed by atoms with Gasteiger partial charge in [-0.15, -0.1) is 0 Å². The molecule has 0 unspecified atom stereocenters. The Labute approximate surface area is 182 Å². The van der Waals surface area contributed by atoms with E-state index in [2.05, 4.69) is 5.32 Å². The molecule has 5 heteroatoms. The molecule has 0 radical (unpaired) electrons. The molecular formula is C26H28N2O3. The summed E-state index contributed by atoms with van der Waals surface area (Å²) in [5.41, 5.74) is 3.65. The molecule has 2 bridgehead atoms. The molecule has 0 aromatic heterocycles. The summed E-state index contributed by atoms with van der Waals surface area (Å²) < 4.78 is 0. The van der Waals surface area contributed by atoms with Gasteiger partial charge in [-0.1, -0.05) is 42.5 Å². The summed E-state index contributed by atoms with van der Waals surface area (Å²) in [6.45, 7) is 3.91. The van der Waals surface area contributed by atoms with Gasteiger partial charge in [0, 0.05) is 12.1 Å². The van der Waals surface area contributed by atoms with Crippen LogP contribution in [0.3, 0.4) is 0 Å². The summed E-state index contributed by atoms with van der Waals surface area (Å²) >= 11 is 0. The minimum atomic E-state index is -0.840. The van der Waals surface area contributed by atoms with Gasteiger partial charge in [0.25, 0.3) is 0 Å². The van der Waals surface area contributed by atoms with Crippen molar-refractivity contribution in [3.05, 3.63) is 65.2 Å². The summed E-state index contributed by atoms with van der Waals surface area (Å²) in [5, 5.41) is 3.01. The van der Waals surface area contributed by atoms with Gasteiger partial charge in [0.15, 0.2) is 0 Å². The number of aryl methyl sites for hydroxylation is 2. The number of carbonyl (C=O) groups excluding carboxylic acids is 3. The van der Waals surface area contributed by atoms with E-state index in [1.54, 1.807) is 0 Å². The Morgan fingerprint density at radius 3 is 2.29 bits per heavy atom. The minimum Gasteiger partial charge on any atom is -0.324 e. The maximum absolute atomic E-state index is 13.5. The zero-order chi connectivity index (χ0) is 21.7. The van der Waals surface area contributed by atoms with Gasteiger partial charge < -0.3 is 5.32 Å². The molecular weight excluding hydrogens is 388 g/mol. The number of hydrogen-bond acceptors (Lipinski definition) is 3. The smallest absolute Gasteiger partial charge is 0.248 e. The molecule has 1 saturated heterocycles. The molecule has 5 nitrogen and oxygen atoms in total. The minimum absolute atomic E-state index is 0.140. The van der Waals surface area contributed by atoms with E-state index < -0.39 is 6.04 Å². The van der Waals surface area contributed by atoms with Crippen molar-refractivity contribution in [2.75, 3.05) is 5.32 Å². The quantitative estimate of drug-likeness (QED) is 0.752. The number of carbonyl (C=O) groups is 3. The molecule has 2 aromatic carbocycles. The average Bonchev–Trinajstić information content (AvgIpc) is 3.44. The Hall–Kier alpha value is -2.95. The van der Waals surface area contributed by atoms with Crippen molar-refractivity contribution < 1.29 is 14.4 Å². The van der Waals surface area contributed by atoms with E-state index in [1.807, 2.05) is 62.4 Å². The molecule has 3 amide bonds. The van der Waals surface area contributed by atoms with Crippen molar-refractivity contribution >= 4 is 23.4 Å². The number of nitrogens with one attached hydrogen (secondary N) is 1. The third-order valence-corrected chi connectivity index (χ3v) is 7.50. The van der Waals surface area contributed by atoms with Gasteiger partial charge in [-0.3, -0.25) is 19.3 Å². The van der Waals surface area contributed by atoms with E-state index in [4.69, 9.17) is 0 Å². The molecule has 2 aliphatic carbocycles. The molecule has 5 rings (SSSR count). The highest BCUT2D eigenvalue weighted by Gasteiger charge is 2.62. The molecule has 1 heterocycles. The predicted octanol–water partition coefficient (Wildman–Crippen LogP) is 3.88. The fraction of sp³-hybridized carbons (Fsp3) is 0.423. The monoisotopic (exact) mass is 416 g/mol. The van der Waals surface area contributed by atoms with Crippen molar-refractivity contribution in [1.29, 1.82) is 0 Å². The van der Waals surface area contributed by atoms with Crippen LogP contribution in [-0.2, 0) is 20.8 Å². The maximum atomic E-state index is 13.5. The summed E-state index contributed by atoms with van der Waals surface area (Å²) in [7, 11) is 0. The van der Waals surface area contributed by atoms with Crippen LogP contribution in [0.5, 0.6) is 0 Å². The Morgan fingerprint density at radius 2 is 1.65 bits per heavy atom. The van der Waals surface area contributed by atoms with Crippen LogP contribution in [0.4, 0.5) is 5.69 Å². The lowest BCUT2D eigenvalue weighted by atomic mass is 9.81. The van der Waals surface area contributed by atoms with E-state index in [-0.39, 0.29) is 29.6 Å². The zero-order valence-corrected chi connectivity index (χ0v) is 18.0. The summed E-state index contributed by atoms with van der Waals surface area (Å²) in [6, 6.07) is 14.7. The van der Waals surface area contributed by atoms with Crippen molar-refractivity contribution in [1.82, 2.24) is 4.90 Å². The van der Waals surface area contributed by atoms with E-state index in [0.29, 0.717) is 18.3 Å². The first-order chi connectivity index (χ1) is 14.9. The van der Waals surface area contributed by atoms with Gasteiger partial charge in [-0.05, 0) is 67.7 Å². The normalized spacial score (nSPS) is 27.5. The van der Waals surface area contributed by atoms with Crippen molar-refractivity contribution in [3.63, 3.8) is 0 Å². The standard InChI is InChI=1S/C26H28N2O3/c1-15-8-9-16(2)20(12-15)27-24(29)21(13-17-6-4-3-5-7-17)28-25(30)22-18-10-11-19(14-18)23(22)26(28)31/h3-9,12,18-19,21-23H,10-11,13-14H2,1-2H3,(H,27,29)/t18-,19+,21-,22+,23+/m1/s1. The van der Waals surface area contributed by atoms with Gasteiger partial charge >= 0.3 is 0 Å². The van der Waals surface area contributed by atoms with Gasteiger partial charge in [0.2, 0.25) is 17.7 Å². The van der Waals surface area contributed by atoms with Crippen LogP contribution in [0.1, 0.15) is 36.0 Å². The van der Waals surface area contributed by atoms with Crippen LogP contribution in [0, 0.1) is 37.5 Å². The largest absolute Gasteiger partial charge is 0.324 e. The molecule has 2 saturated carbocycles. The van der Waals surface area contributed by atoms with E-state index in [0.717, 1.165) is 41.6 Å². The highest BCUT2D eigenvalue weighted by Crippen LogP contribution is 2.56. The predicted molar refractivity (Wildman–Crippen MR) is 118 cm³/mol. The van der Waals surface area contributed by atoms with Crippen molar-refractivity contribution in [2.45, 2.75) is 45.6 Å². The van der Waals surface area contributed by atoms with Crippen LogP contribution in [0.25, 0.3) is 0 Å². The highest BCUT2D eigenvalue weighted by molar-refractivity contribution is 6.10. The second-order valence-corrected chi connectivity index (χ2v) is 9.44. The van der Waals surface area contributed by atoms with Crippen molar-refractivity contribution in [2.24, 2.45) is 23.7 Å². The lowest BCUT2D eigenvalue weighted by Crippen LogP contribution is -2.49. The fourth-order valence-corrected chi connectivity index (χ4v) is 5.96. The first-order valence-electron chi connectivity index (χ1n) is 11.2. The zero-order valence-electron chi connectivity index (χ0n) is 18.0. The Kier molecular flexibility index (Phi) is 4.92. The first-order valence-corrected chi connectivity index (χ1v) is 11.2. The molecule has 0 spiro atoms. The molecule has 1 N–H and O–H groups in total. The number of benzene rings is 2. The van der Waals surface area contributed by atoms with Gasteiger partial charge in [0.1, 0.15) is 6.04 Å². The second-order valence-electron chi connectivity index (χ2n) is 9.44. The number of anilines is 1. The third-order valence-electron chi connectivity index (χ3n) is 7.50. The van der Waals surface area contributed by atoms with Crippen molar-refractivity contribution in [3.8, 4) is 0 Å². The van der Waals surface area contributed by atoms with Crippen LogP contribution in [-0.4, -0.2) is 28.7 Å². The number of fused-ring (bicyclic) bond motifs is 5. The van der Waals surface area contributed by atoms with Gasteiger partial charge in [0.05, 0.1) is 11.8 Å². The molecule has 3 fully saturated rings. The molecule has 5 atom stereocenters. The number of amides is 3. The lowest BCUT2D eigenvalue weighted by molar-refractivity contribution is -0.147. The number of rotatable bonds is 5. The van der Waals surface area contributed by atoms with Crippen LogP contribution >= 0.6 is 0 Å². The number of likely N-dealkylation sites (tertiary alicyclic amines) is 1. The van der Waals surface area contributed by atoms with Crippen LogP contribution < -0.4 is 5.32 Å². The van der Waals surface area contributed by atoms with Gasteiger partial charge in [-0.2, -0.15) is 0 Å². The molecule has 1 aliphatic heterocycles. The number of hydrogen-bond donors (Lipinski definition) is 1. The first kappa shape index (κ1) is 20.0. The summed E-state index contributed by atoms with van der Waals surface area (Å²) in [6.07, 6.45) is 3.36. The van der Waals surface area contributed by atoms with E-state index in [9.17, 15) is 14.4 Å². The highest BCUT2D eigenvalue weighted by atomic mass is 16.2. The fourth-order valence-electron chi connectivity index (χ4n) is 5.96. The Bertz CT molecular complexity index is 1020.